The summed E-state index contributed by atoms with van der Waals surface area (Å²) >= 11 is 5.68. The van der Waals surface area contributed by atoms with Gasteiger partial charge in [-0.05, 0) is 0 Å². The van der Waals surface area contributed by atoms with Crippen molar-refractivity contribution in [3.8, 4) is 0 Å². The number of nitrogens with two attached hydrogens (primary N) is 1. The number of hydrazine groups is 1. The van der Waals surface area contributed by atoms with Gasteiger partial charge in [0.1, 0.15) is 5.82 Å². The Kier molecular flexibility index (Phi) is 2.88. The van der Waals surface area contributed by atoms with Crippen LogP contribution in [0.5, 0.6) is 0 Å². The summed E-state index contributed by atoms with van der Waals surface area (Å²) in [6.07, 6.45) is 0. The average Bonchev–Trinajstić information content (AvgIpc) is 2.63. The Labute approximate surface area is 97.7 Å². The van der Waals surface area contributed by atoms with Crippen LogP contribution in [0.4, 0.5) is 11.6 Å². The third-order valence-corrected chi connectivity index (χ3v) is 2.65. The van der Waals surface area contributed by atoms with Crippen LogP contribution in [-0.4, -0.2) is 29.1 Å². The largest absolute Gasteiger partial charge is 0.383 e. The summed E-state index contributed by atoms with van der Waals surface area (Å²) in [6, 6.07) is 0. The molecule has 2 rings (SSSR count). The number of rotatable bonds is 3. The van der Waals surface area contributed by atoms with Crippen LogP contribution < -0.4 is 27.2 Å². The Balaban J connectivity index is 2.50. The van der Waals surface area contributed by atoms with Crippen LogP contribution in [0.1, 0.15) is 5.56 Å². The molecule has 0 atom stereocenters. The van der Waals surface area contributed by atoms with Gasteiger partial charge in [-0.1, -0.05) is 0 Å². The number of alkyl halides is 1. The molecule has 0 spiro atoms. The van der Waals surface area contributed by atoms with Gasteiger partial charge in [0.05, 0.1) is 5.56 Å². The quantitative estimate of drug-likeness (QED) is 0.521. The standard InChI is InChI=1S/C8H14ClN7/c1-12-16-6(10)5-4-13-15(3-2-9)7(5)14-8(16)11/h11-13H,2-4,10H2,1H3. The van der Waals surface area contributed by atoms with Crippen LogP contribution in [0.3, 0.4) is 0 Å². The highest BCUT2D eigenvalue weighted by molar-refractivity contribution is 6.18. The van der Waals surface area contributed by atoms with Crippen LogP contribution in [0, 0.1) is 5.41 Å². The highest BCUT2D eigenvalue weighted by atomic mass is 35.5. The molecule has 0 aliphatic carbocycles. The Morgan fingerprint density at radius 3 is 3.06 bits per heavy atom. The van der Waals surface area contributed by atoms with Gasteiger partial charge in [0.15, 0.2) is 5.82 Å². The molecule has 0 fully saturated rings. The second kappa shape index (κ2) is 4.18. The fourth-order valence-corrected chi connectivity index (χ4v) is 1.89. The SMILES string of the molecule is CNn1c(N)c2c(nc1=N)N(CCCl)NC2. The van der Waals surface area contributed by atoms with E-state index in [4.69, 9.17) is 22.7 Å². The summed E-state index contributed by atoms with van der Waals surface area (Å²) in [7, 11) is 1.70. The number of hydrogen-bond donors (Lipinski definition) is 4. The maximum atomic E-state index is 7.72. The third-order valence-electron chi connectivity index (χ3n) is 2.48. The fourth-order valence-electron chi connectivity index (χ4n) is 1.72. The molecule has 0 aromatic carbocycles. The molecule has 88 valence electrons. The zero-order valence-corrected chi connectivity index (χ0v) is 9.67. The minimum atomic E-state index is 0.0713. The van der Waals surface area contributed by atoms with Crippen LogP contribution in [0.15, 0.2) is 0 Å². The number of nitrogen functional groups attached to an aromatic ring is 1. The van der Waals surface area contributed by atoms with Gasteiger partial charge in [0, 0.05) is 26.0 Å². The molecule has 1 aromatic rings. The fraction of sp³-hybridized carbons (Fsp3) is 0.500. The summed E-state index contributed by atoms with van der Waals surface area (Å²) in [5, 5.41) is 9.54. The van der Waals surface area contributed by atoms with Crippen molar-refractivity contribution in [3.63, 3.8) is 0 Å². The molecule has 0 saturated carbocycles. The van der Waals surface area contributed by atoms with Crippen molar-refractivity contribution in [1.82, 2.24) is 15.1 Å². The maximum absolute atomic E-state index is 7.72. The molecule has 1 aliphatic rings. The minimum Gasteiger partial charge on any atom is -0.383 e. The number of hydrogen-bond acceptors (Lipinski definition) is 6. The number of nitrogens with zero attached hydrogens (tertiary/aromatic N) is 3. The molecule has 16 heavy (non-hydrogen) atoms. The molecule has 0 saturated heterocycles. The third kappa shape index (κ3) is 1.57. The number of nitrogens with one attached hydrogen (secondary N) is 3. The van der Waals surface area contributed by atoms with Gasteiger partial charge in [-0.15, -0.1) is 11.6 Å². The predicted molar refractivity (Wildman–Crippen MR) is 62.7 cm³/mol. The Morgan fingerprint density at radius 1 is 1.69 bits per heavy atom. The first-order valence-electron chi connectivity index (χ1n) is 4.89. The second-order valence-corrected chi connectivity index (χ2v) is 3.74. The van der Waals surface area contributed by atoms with Crippen LogP contribution in [0.2, 0.25) is 0 Å². The molecule has 5 N–H and O–H groups in total. The van der Waals surface area contributed by atoms with Crippen molar-refractivity contribution in [2.45, 2.75) is 6.54 Å². The first-order valence-corrected chi connectivity index (χ1v) is 5.43. The van der Waals surface area contributed by atoms with Gasteiger partial charge in [-0.25, -0.2) is 10.1 Å². The van der Waals surface area contributed by atoms with Gasteiger partial charge < -0.3 is 11.2 Å². The molecular formula is C8H14ClN7. The number of aromatic nitrogens is 2. The van der Waals surface area contributed by atoms with Gasteiger partial charge in [0.2, 0.25) is 5.62 Å². The van der Waals surface area contributed by atoms with Crippen molar-refractivity contribution >= 4 is 23.2 Å². The van der Waals surface area contributed by atoms with Crippen molar-refractivity contribution in [3.05, 3.63) is 11.2 Å². The second-order valence-electron chi connectivity index (χ2n) is 3.36. The molecule has 0 unspecified atom stereocenters. The van der Waals surface area contributed by atoms with Crippen LogP contribution >= 0.6 is 11.6 Å². The van der Waals surface area contributed by atoms with E-state index in [1.54, 1.807) is 7.05 Å². The van der Waals surface area contributed by atoms with Crippen molar-refractivity contribution in [2.24, 2.45) is 0 Å². The number of fused-ring (bicyclic) bond motifs is 1. The Bertz CT molecular complexity index is 454. The van der Waals surface area contributed by atoms with Gasteiger partial charge in [-0.3, -0.25) is 10.4 Å². The van der Waals surface area contributed by atoms with Crippen molar-refractivity contribution < 1.29 is 0 Å². The molecular weight excluding hydrogens is 230 g/mol. The number of anilines is 2. The molecule has 8 heteroatoms. The first kappa shape index (κ1) is 11.0. The Hall–Kier alpha value is -1.47. The molecule has 2 heterocycles. The lowest BCUT2D eigenvalue weighted by molar-refractivity contribution is 0.684. The van der Waals surface area contributed by atoms with Crippen molar-refractivity contribution in [1.29, 1.82) is 5.41 Å². The highest BCUT2D eigenvalue weighted by Gasteiger charge is 2.24. The van der Waals surface area contributed by atoms with Crippen molar-refractivity contribution in [2.75, 3.05) is 35.6 Å². The molecule has 1 aromatic heterocycles. The minimum absolute atomic E-state index is 0.0713. The normalized spacial score (nSPS) is 14.0. The topological polar surface area (TPSA) is 95.0 Å². The molecule has 7 nitrogen and oxygen atoms in total. The highest BCUT2D eigenvalue weighted by Crippen LogP contribution is 2.24. The summed E-state index contributed by atoms with van der Waals surface area (Å²) in [4.78, 5) is 4.18. The van der Waals surface area contributed by atoms with E-state index in [0.717, 1.165) is 5.56 Å². The molecule has 0 amide bonds. The first-order chi connectivity index (χ1) is 7.69. The summed E-state index contributed by atoms with van der Waals surface area (Å²) in [6.45, 7) is 1.23. The van der Waals surface area contributed by atoms with Crippen LogP contribution in [0.25, 0.3) is 0 Å². The lowest BCUT2D eigenvalue weighted by Crippen LogP contribution is -2.36. The summed E-state index contributed by atoms with van der Waals surface area (Å²) in [5.41, 5.74) is 12.8. The lowest BCUT2D eigenvalue weighted by atomic mass is 10.3. The zero-order chi connectivity index (χ0) is 11.7. The molecule has 0 radical (unpaired) electrons. The van der Waals surface area contributed by atoms with E-state index >= 15 is 0 Å². The van der Waals surface area contributed by atoms with E-state index in [0.29, 0.717) is 30.6 Å². The van der Waals surface area contributed by atoms with E-state index < -0.39 is 0 Å². The van der Waals surface area contributed by atoms with Gasteiger partial charge in [-0.2, -0.15) is 4.98 Å². The molecule has 1 aliphatic heterocycles. The smallest absolute Gasteiger partial charge is 0.244 e. The van der Waals surface area contributed by atoms with E-state index in [2.05, 4.69) is 15.8 Å². The zero-order valence-electron chi connectivity index (χ0n) is 8.92. The lowest BCUT2D eigenvalue weighted by Gasteiger charge is -2.17. The maximum Gasteiger partial charge on any atom is 0.244 e. The van der Waals surface area contributed by atoms with Gasteiger partial charge >= 0.3 is 0 Å². The van der Waals surface area contributed by atoms with Crippen LogP contribution in [-0.2, 0) is 6.54 Å². The van der Waals surface area contributed by atoms with E-state index in [1.165, 1.54) is 4.68 Å². The monoisotopic (exact) mass is 243 g/mol. The van der Waals surface area contributed by atoms with E-state index in [-0.39, 0.29) is 5.62 Å². The Morgan fingerprint density at radius 2 is 2.44 bits per heavy atom. The number of halogens is 1. The van der Waals surface area contributed by atoms with E-state index in [9.17, 15) is 0 Å². The summed E-state index contributed by atoms with van der Waals surface area (Å²) in [5.74, 6) is 1.68. The average molecular weight is 244 g/mol. The predicted octanol–water partition coefficient (Wildman–Crippen LogP) is -0.819. The van der Waals surface area contributed by atoms with Gasteiger partial charge in [0.25, 0.3) is 0 Å². The summed E-state index contributed by atoms with van der Waals surface area (Å²) < 4.78 is 1.44. The molecule has 0 bridgehead atoms. The van der Waals surface area contributed by atoms with E-state index in [1.807, 2.05) is 5.01 Å².